The van der Waals surface area contributed by atoms with Crippen molar-refractivity contribution in [2.75, 3.05) is 19.8 Å². The Labute approximate surface area is 187 Å². The molecule has 2 aromatic rings. The van der Waals surface area contributed by atoms with Gasteiger partial charge >= 0.3 is 5.97 Å². The standard InChI is InChI=1S/C26H28N2O4/c1-3-30-24(26(29)31-4-2)16-18-7-9-19(10-8-18)32-15-12-22-23-17-27-14-11-20(23)21-6-5-13-28-25(21)22/h5-11,13-14,17,24,28H,3-4,12,15-16H2,1-2H3. The summed E-state index contributed by atoms with van der Waals surface area (Å²) in [6.45, 7) is 5.02. The van der Waals surface area contributed by atoms with Gasteiger partial charge in [0, 0.05) is 54.7 Å². The van der Waals surface area contributed by atoms with Gasteiger partial charge in [-0.15, -0.1) is 0 Å². The maximum atomic E-state index is 12.1. The number of aromatic nitrogens is 2. The van der Waals surface area contributed by atoms with Crippen LogP contribution in [0, 0.1) is 0 Å². The van der Waals surface area contributed by atoms with E-state index < -0.39 is 6.10 Å². The molecular formula is C26H28N2O4. The first-order chi connectivity index (χ1) is 15.7. The number of benzene rings is 1. The van der Waals surface area contributed by atoms with E-state index in [1.165, 1.54) is 16.5 Å². The van der Waals surface area contributed by atoms with Crippen LogP contribution in [0.3, 0.4) is 0 Å². The van der Waals surface area contributed by atoms with E-state index in [1.807, 2.05) is 55.8 Å². The molecule has 1 unspecified atom stereocenters. The molecule has 1 atom stereocenters. The molecule has 1 aromatic heterocycles. The molecule has 2 aliphatic rings. The Hall–Kier alpha value is -3.38. The molecule has 0 amide bonds. The Morgan fingerprint density at radius 3 is 2.69 bits per heavy atom. The zero-order chi connectivity index (χ0) is 22.3. The molecule has 4 rings (SSSR count). The third kappa shape index (κ3) is 4.75. The first kappa shape index (κ1) is 21.8. The van der Waals surface area contributed by atoms with E-state index in [4.69, 9.17) is 14.2 Å². The molecule has 6 heteroatoms. The lowest BCUT2D eigenvalue weighted by molar-refractivity contribution is -0.156. The largest absolute Gasteiger partial charge is 0.493 e. The van der Waals surface area contributed by atoms with Crippen molar-refractivity contribution in [1.29, 1.82) is 0 Å². The van der Waals surface area contributed by atoms with Crippen molar-refractivity contribution in [3.8, 4) is 17.0 Å². The second-order valence-corrected chi connectivity index (χ2v) is 7.50. The molecule has 32 heavy (non-hydrogen) atoms. The van der Waals surface area contributed by atoms with E-state index in [2.05, 4.69) is 22.1 Å². The van der Waals surface area contributed by atoms with Gasteiger partial charge in [-0.05, 0) is 54.6 Å². The van der Waals surface area contributed by atoms with E-state index in [-0.39, 0.29) is 5.97 Å². The molecular weight excluding hydrogens is 404 g/mol. The number of carbonyl (C=O) groups is 1. The number of hydrogen-bond donors (Lipinski definition) is 1. The Morgan fingerprint density at radius 1 is 1.06 bits per heavy atom. The minimum absolute atomic E-state index is 0.324. The smallest absolute Gasteiger partial charge is 0.335 e. The number of nitrogens with zero attached hydrogens (tertiary/aromatic N) is 1. The molecule has 0 spiro atoms. The summed E-state index contributed by atoms with van der Waals surface area (Å²) >= 11 is 0. The Bertz CT molecular complexity index is 1140. The van der Waals surface area contributed by atoms with Gasteiger partial charge in [-0.25, -0.2) is 4.79 Å². The molecule has 0 fully saturated rings. The van der Waals surface area contributed by atoms with Crippen LogP contribution in [0.25, 0.3) is 22.0 Å². The molecule has 0 saturated heterocycles. The van der Waals surface area contributed by atoms with Crippen molar-refractivity contribution < 1.29 is 19.0 Å². The fourth-order valence-electron chi connectivity index (χ4n) is 4.03. The minimum Gasteiger partial charge on any atom is -0.493 e. The minimum atomic E-state index is -0.588. The number of aromatic amines is 1. The van der Waals surface area contributed by atoms with Crippen LogP contribution in [0.4, 0.5) is 0 Å². The third-order valence-electron chi connectivity index (χ3n) is 5.48. The Balaban J connectivity index is 1.39. The zero-order valence-electron chi connectivity index (χ0n) is 18.5. The number of fused-ring (bicyclic) bond motifs is 3. The van der Waals surface area contributed by atoms with Gasteiger partial charge in [-0.2, -0.15) is 0 Å². The highest BCUT2D eigenvalue weighted by atomic mass is 16.6. The average molecular weight is 433 g/mol. The summed E-state index contributed by atoms with van der Waals surface area (Å²) < 4.78 is 16.7. The quantitative estimate of drug-likeness (QED) is 0.365. The SMILES string of the molecule is CCOC(=O)C(Cc1ccc(OCCc2c3[nH]cccc-3c3ccncc23)cc1)OCC. The highest BCUT2D eigenvalue weighted by Crippen LogP contribution is 2.37. The third-order valence-corrected chi connectivity index (χ3v) is 5.48. The van der Waals surface area contributed by atoms with Crippen LogP contribution in [0.15, 0.2) is 61.1 Å². The summed E-state index contributed by atoms with van der Waals surface area (Å²) in [5.41, 5.74) is 4.55. The molecule has 0 radical (unpaired) electrons. The van der Waals surface area contributed by atoms with Gasteiger partial charge in [-0.3, -0.25) is 4.98 Å². The molecule has 1 aliphatic carbocycles. The lowest BCUT2D eigenvalue weighted by Gasteiger charge is -2.16. The van der Waals surface area contributed by atoms with E-state index in [0.29, 0.717) is 26.2 Å². The number of hydrogen-bond acceptors (Lipinski definition) is 5. The lowest BCUT2D eigenvalue weighted by atomic mass is 10.1. The summed E-state index contributed by atoms with van der Waals surface area (Å²) in [4.78, 5) is 19.8. The summed E-state index contributed by atoms with van der Waals surface area (Å²) in [6, 6.07) is 14.0. The van der Waals surface area contributed by atoms with Crippen molar-refractivity contribution in [3.63, 3.8) is 0 Å². The first-order valence-corrected chi connectivity index (χ1v) is 11.0. The van der Waals surface area contributed by atoms with Crippen LogP contribution in [-0.2, 0) is 27.1 Å². The number of ether oxygens (including phenoxy) is 3. The van der Waals surface area contributed by atoms with Gasteiger partial charge in [0.25, 0.3) is 0 Å². The van der Waals surface area contributed by atoms with Crippen molar-refractivity contribution in [3.05, 3.63) is 72.2 Å². The van der Waals surface area contributed by atoms with E-state index in [1.54, 1.807) is 6.92 Å². The van der Waals surface area contributed by atoms with E-state index >= 15 is 0 Å². The van der Waals surface area contributed by atoms with Gasteiger partial charge in [0.05, 0.1) is 13.2 Å². The summed E-state index contributed by atoms with van der Waals surface area (Å²) in [6.07, 6.45) is 6.35. The van der Waals surface area contributed by atoms with Crippen LogP contribution < -0.4 is 4.74 Å². The molecule has 0 bridgehead atoms. The van der Waals surface area contributed by atoms with Gasteiger partial charge in [0.2, 0.25) is 0 Å². The second kappa shape index (κ2) is 10.3. The zero-order valence-corrected chi connectivity index (χ0v) is 18.5. The van der Waals surface area contributed by atoms with Gasteiger partial charge in [0.1, 0.15) is 5.75 Å². The van der Waals surface area contributed by atoms with Crippen LogP contribution >= 0.6 is 0 Å². The normalized spacial score (nSPS) is 12.2. The number of pyridine rings is 2. The summed E-state index contributed by atoms with van der Waals surface area (Å²) in [7, 11) is 0. The fraction of sp³-hybridized carbons (Fsp3) is 0.308. The van der Waals surface area contributed by atoms with Gasteiger partial charge < -0.3 is 19.2 Å². The Morgan fingerprint density at radius 2 is 1.91 bits per heavy atom. The molecule has 6 nitrogen and oxygen atoms in total. The summed E-state index contributed by atoms with van der Waals surface area (Å²) in [5, 5.41) is 2.36. The Kier molecular flexibility index (Phi) is 7.02. The molecule has 166 valence electrons. The average Bonchev–Trinajstić information content (AvgIpc) is 3.14. The number of H-pyrrole nitrogens is 1. The molecule has 2 heterocycles. The van der Waals surface area contributed by atoms with Gasteiger partial charge in [0.15, 0.2) is 6.10 Å². The number of esters is 1. The van der Waals surface area contributed by atoms with Crippen molar-refractivity contribution >= 4 is 16.7 Å². The van der Waals surface area contributed by atoms with Gasteiger partial charge in [-0.1, -0.05) is 18.2 Å². The fourth-order valence-corrected chi connectivity index (χ4v) is 4.03. The van der Waals surface area contributed by atoms with Crippen LogP contribution in [0.1, 0.15) is 25.0 Å². The predicted octanol–water partition coefficient (Wildman–Crippen LogP) is 4.80. The number of rotatable bonds is 10. The second-order valence-electron chi connectivity index (χ2n) is 7.50. The predicted molar refractivity (Wildman–Crippen MR) is 124 cm³/mol. The highest BCUT2D eigenvalue weighted by Gasteiger charge is 2.21. The van der Waals surface area contributed by atoms with Crippen molar-refractivity contribution in [2.24, 2.45) is 0 Å². The van der Waals surface area contributed by atoms with Crippen LogP contribution in [0.2, 0.25) is 0 Å². The maximum absolute atomic E-state index is 12.1. The number of nitrogens with one attached hydrogen (secondary N) is 1. The lowest BCUT2D eigenvalue weighted by Crippen LogP contribution is -2.28. The number of carbonyl (C=O) groups excluding carboxylic acids is 1. The monoisotopic (exact) mass is 432 g/mol. The van der Waals surface area contributed by atoms with Crippen molar-refractivity contribution in [2.45, 2.75) is 32.8 Å². The molecule has 1 aromatic carbocycles. The van der Waals surface area contributed by atoms with Crippen LogP contribution in [0.5, 0.6) is 5.75 Å². The topological polar surface area (TPSA) is 73.4 Å². The molecule has 1 N–H and O–H groups in total. The van der Waals surface area contributed by atoms with E-state index in [9.17, 15) is 4.79 Å². The van der Waals surface area contributed by atoms with E-state index in [0.717, 1.165) is 28.8 Å². The van der Waals surface area contributed by atoms with Crippen molar-refractivity contribution in [1.82, 2.24) is 9.97 Å². The molecule has 0 saturated carbocycles. The first-order valence-electron chi connectivity index (χ1n) is 11.0. The maximum Gasteiger partial charge on any atom is 0.335 e. The molecule has 1 aliphatic heterocycles. The highest BCUT2D eigenvalue weighted by molar-refractivity contribution is 6.04. The summed E-state index contributed by atoms with van der Waals surface area (Å²) in [5.74, 6) is 0.468. The van der Waals surface area contributed by atoms with Crippen LogP contribution in [-0.4, -0.2) is 41.9 Å².